The highest BCUT2D eigenvalue weighted by Crippen LogP contribution is 2.29. The first-order chi connectivity index (χ1) is 7.59. The first kappa shape index (κ1) is 14.0. The number of halogens is 3. The Balaban J connectivity index is 2.66. The molecule has 0 aliphatic rings. The van der Waals surface area contributed by atoms with Crippen LogP contribution in [-0.4, -0.2) is 16.3 Å². The van der Waals surface area contributed by atoms with Gasteiger partial charge in [0.25, 0.3) is 0 Å². The van der Waals surface area contributed by atoms with E-state index in [1.54, 1.807) is 0 Å². The molecule has 0 bridgehead atoms. The van der Waals surface area contributed by atoms with Crippen molar-refractivity contribution in [1.82, 2.24) is 10.1 Å². The summed E-state index contributed by atoms with van der Waals surface area (Å²) in [4.78, 5) is 3.88. The lowest BCUT2D eigenvalue weighted by Crippen LogP contribution is -2.27. The molecule has 1 rings (SSSR count). The van der Waals surface area contributed by atoms with E-state index in [0.717, 1.165) is 0 Å². The molecule has 0 fully saturated rings. The molecule has 0 aliphatic heterocycles. The molecule has 1 unspecified atom stereocenters. The molecule has 7 heteroatoms. The number of hydrogen-bond acceptors (Lipinski definition) is 4. The minimum absolute atomic E-state index is 0.0305. The molecule has 0 aromatic carbocycles. The van der Waals surface area contributed by atoms with Crippen molar-refractivity contribution in [2.45, 2.75) is 45.8 Å². The lowest BCUT2D eigenvalue weighted by atomic mass is 9.87. The van der Waals surface area contributed by atoms with Crippen molar-refractivity contribution in [3.05, 3.63) is 11.7 Å². The highest BCUT2D eigenvalue weighted by molar-refractivity contribution is 4.98. The van der Waals surface area contributed by atoms with Crippen LogP contribution in [0.3, 0.4) is 0 Å². The monoisotopic (exact) mass is 251 g/mol. The average Bonchev–Trinajstić information content (AvgIpc) is 2.59. The summed E-state index contributed by atoms with van der Waals surface area (Å²) in [5.74, 6) is 0.215. The Kier molecular flexibility index (Phi) is 3.81. The van der Waals surface area contributed by atoms with Gasteiger partial charge in [0.05, 0.1) is 12.5 Å². The van der Waals surface area contributed by atoms with Crippen LogP contribution in [0, 0.1) is 5.41 Å². The maximum Gasteiger partial charge on any atom is 0.389 e. The second-order valence-corrected chi connectivity index (χ2v) is 5.01. The molecule has 2 N–H and O–H groups in total. The van der Waals surface area contributed by atoms with Crippen molar-refractivity contribution in [2.24, 2.45) is 11.1 Å². The summed E-state index contributed by atoms with van der Waals surface area (Å²) < 4.78 is 40.7. The number of rotatable bonds is 3. The molecule has 0 saturated carbocycles. The van der Waals surface area contributed by atoms with Crippen molar-refractivity contribution in [3.8, 4) is 0 Å². The molecular weight excluding hydrogens is 235 g/mol. The van der Waals surface area contributed by atoms with Crippen LogP contribution in [-0.2, 0) is 6.42 Å². The zero-order valence-corrected chi connectivity index (χ0v) is 10.0. The smallest absolute Gasteiger partial charge is 0.339 e. The van der Waals surface area contributed by atoms with Gasteiger partial charge in [-0.2, -0.15) is 18.2 Å². The van der Waals surface area contributed by atoms with Crippen molar-refractivity contribution in [1.29, 1.82) is 0 Å². The Hall–Kier alpha value is -1.11. The zero-order chi connectivity index (χ0) is 13.3. The summed E-state index contributed by atoms with van der Waals surface area (Å²) in [7, 11) is 0. The third-order valence-corrected chi connectivity index (χ3v) is 2.32. The van der Waals surface area contributed by atoms with Gasteiger partial charge in [-0.15, -0.1) is 0 Å². The molecule has 1 aromatic heterocycles. The van der Waals surface area contributed by atoms with Gasteiger partial charge >= 0.3 is 6.18 Å². The maximum atomic E-state index is 12.0. The van der Waals surface area contributed by atoms with Gasteiger partial charge in [-0.05, 0) is 5.41 Å². The molecule has 0 amide bonds. The standard InChI is InChI=1S/C10H16F3N3O/c1-9(2,3)7(14)8-15-6(17-16-8)4-5-10(11,12)13/h7H,4-5,14H2,1-3H3. The van der Waals surface area contributed by atoms with Crippen LogP contribution >= 0.6 is 0 Å². The second-order valence-electron chi connectivity index (χ2n) is 5.01. The second kappa shape index (κ2) is 4.64. The predicted octanol–water partition coefficient (Wildman–Crippen LogP) is 2.61. The highest BCUT2D eigenvalue weighted by Gasteiger charge is 2.30. The van der Waals surface area contributed by atoms with Gasteiger partial charge in [-0.3, -0.25) is 0 Å². The van der Waals surface area contributed by atoms with Crippen LogP contribution in [0.5, 0.6) is 0 Å². The Morgan fingerprint density at radius 1 is 1.29 bits per heavy atom. The molecule has 17 heavy (non-hydrogen) atoms. The van der Waals surface area contributed by atoms with E-state index in [1.807, 2.05) is 20.8 Å². The predicted molar refractivity (Wildman–Crippen MR) is 55.1 cm³/mol. The number of aromatic nitrogens is 2. The third-order valence-electron chi connectivity index (χ3n) is 2.32. The Morgan fingerprint density at radius 3 is 2.35 bits per heavy atom. The highest BCUT2D eigenvalue weighted by atomic mass is 19.4. The summed E-state index contributed by atoms with van der Waals surface area (Å²) in [5, 5.41) is 3.60. The minimum atomic E-state index is -4.22. The fraction of sp³-hybridized carbons (Fsp3) is 0.800. The average molecular weight is 251 g/mol. The van der Waals surface area contributed by atoms with Gasteiger partial charge in [0.1, 0.15) is 0 Å². The molecule has 1 atom stereocenters. The first-order valence-corrected chi connectivity index (χ1v) is 5.24. The van der Waals surface area contributed by atoms with E-state index >= 15 is 0 Å². The molecule has 0 saturated heterocycles. The van der Waals surface area contributed by atoms with Crippen molar-refractivity contribution < 1.29 is 17.7 Å². The van der Waals surface area contributed by atoms with Crippen LogP contribution in [0.2, 0.25) is 0 Å². The van der Waals surface area contributed by atoms with Gasteiger partial charge in [0.15, 0.2) is 5.82 Å². The summed E-state index contributed by atoms with van der Waals surface area (Å²) >= 11 is 0. The lowest BCUT2D eigenvalue weighted by Gasteiger charge is -2.23. The first-order valence-electron chi connectivity index (χ1n) is 5.24. The quantitative estimate of drug-likeness (QED) is 0.896. The van der Waals surface area contributed by atoms with Crippen LogP contribution < -0.4 is 5.73 Å². The molecular formula is C10H16F3N3O. The maximum absolute atomic E-state index is 12.0. The van der Waals surface area contributed by atoms with E-state index in [-0.39, 0.29) is 23.6 Å². The van der Waals surface area contributed by atoms with Gasteiger partial charge in [0.2, 0.25) is 5.89 Å². The van der Waals surface area contributed by atoms with E-state index in [2.05, 4.69) is 10.1 Å². The summed E-state index contributed by atoms with van der Waals surface area (Å²) in [6, 6.07) is -0.467. The largest absolute Gasteiger partial charge is 0.389 e. The lowest BCUT2D eigenvalue weighted by molar-refractivity contribution is -0.134. The number of alkyl halides is 3. The van der Waals surface area contributed by atoms with Gasteiger partial charge in [0, 0.05) is 6.42 Å². The molecule has 98 valence electrons. The van der Waals surface area contributed by atoms with Crippen LogP contribution in [0.4, 0.5) is 13.2 Å². The number of aryl methyl sites for hydroxylation is 1. The number of nitrogens with two attached hydrogens (primary N) is 1. The molecule has 0 spiro atoms. The van der Waals surface area contributed by atoms with E-state index in [0.29, 0.717) is 0 Å². The fourth-order valence-electron chi connectivity index (χ4n) is 1.13. The van der Waals surface area contributed by atoms with E-state index in [9.17, 15) is 13.2 Å². The van der Waals surface area contributed by atoms with Crippen LogP contribution in [0.1, 0.15) is 44.9 Å². The summed E-state index contributed by atoms with van der Waals surface area (Å²) in [6.45, 7) is 5.68. The normalized spacial score (nSPS) is 15.0. The molecule has 0 radical (unpaired) electrons. The van der Waals surface area contributed by atoms with E-state index < -0.39 is 18.6 Å². The molecule has 0 aliphatic carbocycles. The van der Waals surface area contributed by atoms with Gasteiger partial charge < -0.3 is 10.3 Å². The van der Waals surface area contributed by atoms with Crippen LogP contribution in [0.15, 0.2) is 4.52 Å². The number of nitrogens with zero attached hydrogens (tertiary/aromatic N) is 2. The van der Waals surface area contributed by atoms with Crippen LogP contribution in [0.25, 0.3) is 0 Å². The number of hydrogen-bond donors (Lipinski definition) is 1. The van der Waals surface area contributed by atoms with E-state index in [4.69, 9.17) is 10.3 Å². The Morgan fingerprint density at radius 2 is 1.88 bits per heavy atom. The SMILES string of the molecule is CC(C)(C)C(N)c1noc(CCC(F)(F)F)n1. The molecule has 1 aromatic rings. The fourth-order valence-corrected chi connectivity index (χ4v) is 1.13. The van der Waals surface area contributed by atoms with E-state index in [1.165, 1.54) is 0 Å². The minimum Gasteiger partial charge on any atom is -0.339 e. The Labute approximate surface area is 97.4 Å². The third kappa shape index (κ3) is 4.33. The summed E-state index contributed by atoms with van der Waals surface area (Å²) in [5.41, 5.74) is 5.59. The Bertz CT molecular complexity index is 368. The molecule has 4 nitrogen and oxygen atoms in total. The zero-order valence-electron chi connectivity index (χ0n) is 10.0. The topological polar surface area (TPSA) is 64.9 Å². The summed E-state index contributed by atoms with van der Waals surface area (Å²) in [6.07, 6.45) is -5.51. The van der Waals surface area contributed by atoms with Gasteiger partial charge in [-0.25, -0.2) is 0 Å². The van der Waals surface area contributed by atoms with Gasteiger partial charge in [-0.1, -0.05) is 25.9 Å². The van der Waals surface area contributed by atoms with Crippen molar-refractivity contribution in [3.63, 3.8) is 0 Å². The van der Waals surface area contributed by atoms with Crippen molar-refractivity contribution >= 4 is 0 Å². The van der Waals surface area contributed by atoms with Crippen molar-refractivity contribution in [2.75, 3.05) is 0 Å². The molecule has 1 heterocycles.